The molecule has 8 heteroatoms. The number of carbonyl (C=O) groups is 1. The summed E-state index contributed by atoms with van der Waals surface area (Å²) in [6.07, 6.45) is 2.87. The average molecular weight is 518 g/mol. The zero-order valence-electron chi connectivity index (χ0n) is 17.8. The molecule has 2 rings (SSSR count). The highest BCUT2D eigenvalue weighted by atomic mass is 127. The van der Waals surface area contributed by atoms with E-state index in [4.69, 9.17) is 9.47 Å². The molecule has 0 aliphatic carbocycles. The molecule has 1 atom stereocenters. The van der Waals surface area contributed by atoms with Gasteiger partial charge in [0.2, 0.25) is 0 Å². The maximum absolute atomic E-state index is 12.1. The van der Waals surface area contributed by atoms with Crippen molar-refractivity contribution in [1.82, 2.24) is 15.5 Å². The predicted molar refractivity (Wildman–Crippen MR) is 127 cm³/mol. The van der Waals surface area contributed by atoms with Gasteiger partial charge in [0, 0.05) is 58.9 Å². The number of ether oxygens (including phenoxy) is 2. The van der Waals surface area contributed by atoms with Crippen LogP contribution in [-0.2, 0) is 15.9 Å². The summed E-state index contributed by atoms with van der Waals surface area (Å²) in [5.74, 6) is 1.37. The molecule has 0 saturated carbocycles. The Morgan fingerprint density at radius 2 is 2.10 bits per heavy atom. The van der Waals surface area contributed by atoms with Gasteiger partial charge in [-0.05, 0) is 37.0 Å². The molecule has 1 aliphatic rings. The van der Waals surface area contributed by atoms with Crippen molar-refractivity contribution in [3.05, 3.63) is 35.4 Å². The fourth-order valence-electron chi connectivity index (χ4n) is 3.01. The van der Waals surface area contributed by atoms with Crippen LogP contribution in [0.25, 0.3) is 0 Å². The van der Waals surface area contributed by atoms with Crippen molar-refractivity contribution in [2.45, 2.75) is 19.3 Å². The van der Waals surface area contributed by atoms with Crippen LogP contribution in [0, 0.1) is 5.92 Å². The molecule has 1 unspecified atom stereocenters. The van der Waals surface area contributed by atoms with E-state index in [9.17, 15) is 4.79 Å². The Labute approximate surface area is 191 Å². The molecule has 0 spiro atoms. The second-order valence-corrected chi connectivity index (χ2v) is 7.23. The van der Waals surface area contributed by atoms with E-state index in [1.165, 1.54) is 0 Å². The average Bonchev–Trinajstić information content (AvgIpc) is 3.22. The van der Waals surface area contributed by atoms with E-state index in [2.05, 4.69) is 15.6 Å². The van der Waals surface area contributed by atoms with Gasteiger partial charge in [-0.1, -0.05) is 12.1 Å². The highest BCUT2D eigenvalue weighted by Crippen LogP contribution is 2.12. The van der Waals surface area contributed by atoms with E-state index in [1.807, 2.05) is 24.3 Å². The van der Waals surface area contributed by atoms with Gasteiger partial charge in [-0.15, -0.1) is 24.0 Å². The first-order chi connectivity index (χ1) is 13.6. The first-order valence-corrected chi connectivity index (χ1v) is 10.0. The minimum Gasteiger partial charge on any atom is -0.381 e. The van der Waals surface area contributed by atoms with Crippen molar-refractivity contribution in [3.8, 4) is 0 Å². The van der Waals surface area contributed by atoms with Crippen LogP contribution < -0.4 is 10.6 Å². The molecule has 164 valence electrons. The zero-order chi connectivity index (χ0) is 20.2. The van der Waals surface area contributed by atoms with Gasteiger partial charge >= 0.3 is 0 Å². The van der Waals surface area contributed by atoms with Crippen LogP contribution in [-0.4, -0.2) is 77.4 Å². The Hall–Kier alpha value is -1.39. The van der Waals surface area contributed by atoms with E-state index < -0.39 is 0 Å². The number of benzene rings is 1. The van der Waals surface area contributed by atoms with Crippen LogP contribution in [0.5, 0.6) is 0 Å². The topological polar surface area (TPSA) is 75.2 Å². The van der Waals surface area contributed by atoms with Crippen LogP contribution in [0.2, 0.25) is 0 Å². The third kappa shape index (κ3) is 9.77. The highest BCUT2D eigenvalue weighted by Gasteiger charge is 2.15. The van der Waals surface area contributed by atoms with Crippen LogP contribution in [0.3, 0.4) is 0 Å². The van der Waals surface area contributed by atoms with E-state index in [-0.39, 0.29) is 29.9 Å². The number of nitrogens with one attached hydrogen (secondary N) is 2. The Kier molecular flexibility index (Phi) is 12.9. The SMILES string of the molecule is CN=C(NCCCOCC1CCOC1)NCCc1cccc(C(=O)N(C)C)c1.I. The van der Waals surface area contributed by atoms with Crippen LogP contribution in [0.15, 0.2) is 29.3 Å². The molecular formula is C21H35IN4O3. The van der Waals surface area contributed by atoms with Crippen molar-refractivity contribution in [2.24, 2.45) is 10.9 Å². The Bertz CT molecular complexity index is 634. The van der Waals surface area contributed by atoms with Crippen molar-refractivity contribution < 1.29 is 14.3 Å². The number of guanidine groups is 1. The van der Waals surface area contributed by atoms with Gasteiger partial charge in [0.15, 0.2) is 5.96 Å². The Morgan fingerprint density at radius 1 is 1.31 bits per heavy atom. The van der Waals surface area contributed by atoms with Crippen molar-refractivity contribution >= 4 is 35.8 Å². The van der Waals surface area contributed by atoms with Gasteiger partial charge in [0.05, 0.1) is 13.2 Å². The van der Waals surface area contributed by atoms with Gasteiger partial charge in [-0.25, -0.2) is 0 Å². The van der Waals surface area contributed by atoms with Gasteiger partial charge in [-0.3, -0.25) is 9.79 Å². The standard InChI is InChI=1S/C21H34N4O3.HI/c1-22-21(23-10-5-12-27-15-18-9-13-28-16-18)24-11-8-17-6-4-7-19(14-17)20(26)25(2)3;/h4,6-7,14,18H,5,8-13,15-16H2,1-3H3,(H2,22,23,24);1H. The number of rotatable bonds is 10. The number of carbonyl (C=O) groups excluding carboxylic acids is 1. The molecule has 1 amide bonds. The number of hydrogen-bond acceptors (Lipinski definition) is 4. The molecule has 1 saturated heterocycles. The first-order valence-electron chi connectivity index (χ1n) is 10.0. The second-order valence-electron chi connectivity index (χ2n) is 7.23. The molecule has 7 nitrogen and oxygen atoms in total. The van der Waals surface area contributed by atoms with E-state index >= 15 is 0 Å². The van der Waals surface area contributed by atoms with Crippen molar-refractivity contribution in [3.63, 3.8) is 0 Å². The lowest BCUT2D eigenvalue weighted by molar-refractivity contribution is 0.0827. The van der Waals surface area contributed by atoms with Gasteiger partial charge < -0.3 is 25.0 Å². The lowest BCUT2D eigenvalue weighted by Crippen LogP contribution is -2.39. The maximum atomic E-state index is 12.1. The third-order valence-electron chi connectivity index (χ3n) is 4.65. The number of hydrogen-bond donors (Lipinski definition) is 2. The molecule has 1 fully saturated rings. The molecule has 2 N–H and O–H groups in total. The summed E-state index contributed by atoms with van der Waals surface area (Å²) in [6.45, 7) is 4.80. The predicted octanol–water partition coefficient (Wildman–Crippen LogP) is 2.16. The second kappa shape index (κ2) is 14.6. The van der Waals surface area contributed by atoms with Gasteiger partial charge in [0.25, 0.3) is 5.91 Å². The molecule has 1 aromatic rings. The maximum Gasteiger partial charge on any atom is 0.253 e. The van der Waals surface area contributed by atoms with Crippen molar-refractivity contribution in [1.29, 1.82) is 0 Å². The Balaban J connectivity index is 0.00000420. The third-order valence-corrected chi connectivity index (χ3v) is 4.65. The molecule has 0 radical (unpaired) electrons. The fourth-order valence-corrected chi connectivity index (χ4v) is 3.01. The summed E-state index contributed by atoms with van der Waals surface area (Å²) >= 11 is 0. The van der Waals surface area contributed by atoms with Gasteiger partial charge in [0.1, 0.15) is 0 Å². The fraction of sp³-hybridized carbons (Fsp3) is 0.619. The minimum absolute atomic E-state index is 0. The summed E-state index contributed by atoms with van der Waals surface area (Å²) in [5, 5.41) is 6.61. The summed E-state index contributed by atoms with van der Waals surface area (Å²) in [7, 11) is 5.29. The molecule has 1 aromatic carbocycles. The summed E-state index contributed by atoms with van der Waals surface area (Å²) in [5.41, 5.74) is 1.84. The van der Waals surface area contributed by atoms with Crippen LogP contribution in [0.4, 0.5) is 0 Å². The van der Waals surface area contributed by atoms with Crippen LogP contribution in [0.1, 0.15) is 28.8 Å². The number of amides is 1. The van der Waals surface area contributed by atoms with Gasteiger partial charge in [-0.2, -0.15) is 0 Å². The smallest absolute Gasteiger partial charge is 0.253 e. The van der Waals surface area contributed by atoms with Crippen LogP contribution >= 0.6 is 24.0 Å². The molecule has 0 bridgehead atoms. The monoisotopic (exact) mass is 518 g/mol. The lowest BCUT2D eigenvalue weighted by atomic mass is 10.1. The molecule has 1 heterocycles. The normalized spacial score (nSPS) is 16.2. The number of nitrogens with zero attached hydrogens (tertiary/aromatic N) is 2. The largest absolute Gasteiger partial charge is 0.381 e. The lowest BCUT2D eigenvalue weighted by Gasteiger charge is -2.13. The first kappa shape index (κ1) is 25.6. The quantitative estimate of drug-likeness (QED) is 0.215. The summed E-state index contributed by atoms with van der Waals surface area (Å²) in [6, 6.07) is 7.77. The highest BCUT2D eigenvalue weighted by molar-refractivity contribution is 14.0. The number of halogens is 1. The molecule has 1 aliphatic heterocycles. The Morgan fingerprint density at radius 3 is 2.79 bits per heavy atom. The molecular weight excluding hydrogens is 483 g/mol. The zero-order valence-corrected chi connectivity index (χ0v) is 20.1. The van der Waals surface area contributed by atoms with E-state index in [0.29, 0.717) is 11.5 Å². The van der Waals surface area contributed by atoms with Crippen molar-refractivity contribution in [2.75, 3.05) is 60.7 Å². The van der Waals surface area contributed by atoms with E-state index in [1.54, 1.807) is 26.0 Å². The molecule has 29 heavy (non-hydrogen) atoms. The minimum atomic E-state index is 0. The molecule has 0 aromatic heterocycles. The van der Waals surface area contributed by atoms with E-state index in [0.717, 1.165) is 70.3 Å². The number of aliphatic imine (C=N–C) groups is 1. The summed E-state index contributed by atoms with van der Waals surface area (Å²) < 4.78 is 11.1. The summed E-state index contributed by atoms with van der Waals surface area (Å²) in [4.78, 5) is 17.9.